The van der Waals surface area contributed by atoms with Gasteiger partial charge in [-0.05, 0) is 37.1 Å². The van der Waals surface area contributed by atoms with Crippen LogP contribution in [0, 0.1) is 5.92 Å². The van der Waals surface area contributed by atoms with Gasteiger partial charge in [-0.2, -0.15) is 0 Å². The zero-order valence-corrected chi connectivity index (χ0v) is 11.4. The Hall–Kier alpha value is -1.00. The van der Waals surface area contributed by atoms with E-state index in [4.69, 9.17) is 4.74 Å². The molecule has 96 valence electrons. The van der Waals surface area contributed by atoms with Gasteiger partial charge in [-0.15, -0.1) is 0 Å². The Balaban J connectivity index is 1.89. The SMILES string of the molecule is COc1ccc(C2=NC(O)C(C)C3(CC3)S2)cc1. The lowest BCUT2D eigenvalue weighted by Crippen LogP contribution is -2.33. The molecule has 3 nitrogen and oxygen atoms in total. The molecule has 1 heterocycles. The minimum atomic E-state index is -0.564. The molecule has 18 heavy (non-hydrogen) atoms. The lowest BCUT2D eigenvalue weighted by atomic mass is 10.0. The number of hydrogen-bond donors (Lipinski definition) is 1. The molecule has 0 radical (unpaired) electrons. The second-order valence-corrected chi connectivity index (χ2v) is 6.44. The average molecular weight is 263 g/mol. The third-order valence-electron chi connectivity index (χ3n) is 3.91. The van der Waals surface area contributed by atoms with E-state index in [1.807, 2.05) is 36.0 Å². The quantitative estimate of drug-likeness (QED) is 0.892. The molecule has 0 bridgehead atoms. The highest BCUT2D eigenvalue weighted by Crippen LogP contribution is 2.58. The first-order chi connectivity index (χ1) is 8.64. The van der Waals surface area contributed by atoms with E-state index in [0.29, 0.717) is 0 Å². The largest absolute Gasteiger partial charge is 0.497 e. The Morgan fingerprint density at radius 2 is 2.00 bits per heavy atom. The molecule has 1 aliphatic carbocycles. The van der Waals surface area contributed by atoms with Crippen molar-refractivity contribution in [3.05, 3.63) is 29.8 Å². The maximum atomic E-state index is 10.1. The second-order valence-electron chi connectivity index (χ2n) is 5.03. The van der Waals surface area contributed by atoms with Crippen molar-refractivity contribution in [2.75, 3.05) is 7.11 Å². The highest BCUT2D eigenvalue weighted by molar-refractivity contribution is 8.15. The van der Waals surface area contributed by atoms with E-state index in [0.717, 1.165) is 16.4 Å². The van der Waals surface area contributed by atoms with Crippen molar-refractivity contribution in [1.82, 2.24) is 0 Å². The zero-order chi connectivity index (χ0) is 12.8. The van der Waals surface area contributed by atoms with Crippen LogP contribution in [-0.4, -0.2) is 28.2 Å². The molecule has 2 atom stereocenters. The van der Waals surface area contributed by atoms with E-state index in [9.17, 15) is 5.11 Å². The highest BCUT2D eigenvalue weighted by Gasteiger charge is 2.53. The van der Waals surface area contributed by atoms with Crippen LogP contribution in [0.4, 0.5) is 0 Å². The topological polar surface area (TPSA) is 41.8 Å². The van der Waals surface area contributed by atoms with Gasteiger partial charge in [-0.3, -0.25) is 0 Å². The number of aliphatic imine (C=N–C) groups is 1. The number of ether oxygens (including phenoxy) is 1. The third-order valence-corrected chi connectivity index (χ3v) is 5.63. The van der Waals surface area contributed by atoms with Crippen molar-refractivity contribution in [3.63, 3.8) is 0 Å². The number of aliphatic hydroxyl groups is 1. The number of thioether (sulfide) groups is 1. The Kier molecular flexibility index (Phi) is 2.87. The summed E-state index contributed by atoms with van der Waals surface area (Å²) in [5.74, 6) is 1.10. The Labute approximate surface area is 111 Å². The Bertz CT molecular complexity index is 479. The van der Waals surface area contributed by atoms with Crippen molar-refractivity contribution < 1.29 is 9.84 Å². The number of benzene rings is 1. The molecule has 1 aromatic rings. The van der Waals surface area contributed by atoms with Crippen molar-refractivity contribution in [2.45, 2.75) is 30.7 Å². The van der Waals surface area contributed by atoms with Gasteiger partial charge in [0.2, 0.25) is 0 Å². The van der Waals surface area contributed by atoms with E-state index >= 15 is 0 Å². The lowest BCUT2D eigenvalue weighted by Gasteiger charge is -2.31. The molecule has 0 saturated heterocycles. The van der Waals surface area contributed by atoms with Crippen LogP contribution >= 0.6 is 11.8 Å². The van der Waals surface area contributed by atoms with Crippen molar-refractivity contribution in [1.29, 1.82) is 0 Å². The standard InChI is InChI=1S/C14H17NO2S/c1-9-12(16)15-13(18-14(9)7-8-14)10-3-5-11(17-2)6-4-10/h3-6,9,12,16H,7-8H2,1-2H3. The summed E-state index contributed by atoms with van der Waals surface area (Å²) < 4.78 is 5.38. The van der Waals surface area contributed by atoms with Crippen molar-refractivity contribution >= 4 is 16.8 Å². The summed E-state index contributed by atoms with van der Waals surface area (Å²) in [6.45, 7) is 2.10. The summed E-state index contributed by atoms with van der Waals surface area (Å²) >= 11 is 1.83. The van der Waals surface area contributed by atoms with Gasteiger partial charge < -0.3 is 9.84 Å². The first-order valence-electron chi connectivity index (χ1n) is 6.24. The lowest BCUT2D eigenvalue weighted by molar-refractivity contribution is 0.119. The van der Waals surface area contributed by atoms with Crippen LogP contribution in [0.15, 0.2) is 29.3 Å². The molecular weight excluding hydrogens is 246 g/mol. The zero-order valence-electron chi connectivity index (χ0n) is 10.6. The highest BCUT2D eigenvalue weighted by atomic mass is 32.2. The molecule has 4 heteroatoms. The fraction of sp³-hybridized carbons (Fsp3) is 0.500. The summed E-state index contributed by atoms with van der Waals surface area (Å²) in [5.41, 5.74) is 1.07. The normalized spacial score (nSPS) is 28.9. The molecule has 1 saturated carbocycles. The maximum Gasteiger partial charge on any atom is 0.150 e. The molecule has 2 aliphatic rings. The number of methoxy groups -OCH3 is 1. The summed E-state index contributed by atoms with van der Waals surface area (Å²) in [5, 5.41) is 11.0. The fourth-order valence-corrected chi connectivity index (χ4v) is 3.78. The minimum absolute atomic E-state index is 0.233. The predicted molar refractivity (Wildman–Crippen MR) is 74.3 cm³/mol. The summed E-state index contributed by atoms with van der Waals surface area (Å²) in [6.07, 6.45) is 1.81. The van der Waals surface area contributed by atoms with Gasteiger partial charge >= 0.3 is 0 Å². The van der Waals surface area contributed by atoms with E-state index in [1.165, 1.54) is 12.8 Å². The van der Waals surface area contributed by atoms with Crippen LogP contribution in [0.25, 0.3) is 0 Å². The molecule has 1 fully saturated rings. The Morgan fingerprint density at radius 3 is 2.56 bits per heavy atom. The first-order valence-corrected chi connectivity index (χ1v) is 7.05. The second kappa shape index (κ2) is 4.28. The van der Waals surface area contributed by atoms with Crippen LogP contribution in [0.5, 0.6) is 5.75 Å². The number of hydrogen-bond acceptors (Lipinski definition) is 4. The molecule has 1 spiro atoms. The van der Waals surface area contributed by atoms with Gasteiger partial charge in [-0.1, -0.05) is 18.7 Å². The Morgan fingerprint density at radius 1 is 1.33 bits per heavy atom. The maximum absolute atomic E-state index is 10.1. The molecule has 2 unspecified atom stereocenters. The van der Waals surface area contributed by atoms with E-state index < -0.39 is 6.23 Å². The average Bonchev–Trinajstić information content (AvgIpc) is 3.16. The van der Waals surface area contributed by atoms with Crippen molar-refractivity contribution in [3.8, 4) is 5.75 Å². The fourth-order valence-electron chi connectivity index (χ4n) is 2.36. The van der Waals surface area contributed by atoms with Crippen LogP contribution in [0.2, 0.25) is 0 Å². The van der Waals surface area contributed by atoms with Gasteiger partial charge in [0.25, 0.3) is 0 Å². The summed E-state index contributed by atoms with van der Waals surface area (Å²) in [4.78, 5) is 4.42. The van der Waals surface area contributed by atoms with E-state index in [1.54, 1.807) is 7.11 Å². The van der Waals surface area contributed by atoms with Gasteiger partial charge in [0.05, 0.1) is 7.11 Å². The number of nitrogens with zero attached hydrogens (tertiary/aromatic N) is 1. The third kappa shape index (κ3) is 1.93. The van der Waals surface area contributed by atoms with E-state index in [2.05, 4.69) is 11.9 Å². The van der Waals surface area contributed by atoms with Crippen LogP contribution < -0.4 is 4.74 Å². The van der Waals surface area contributed by atoms with Gasteiger partial charge in [-0.25, -0.2) is 4.99 Å². The molecule has 1 aromatic carbocycles. The molecule has 1 N–H and O–H groups in total. The van der Waals surface area contributed by atoms with Gasteiger partial charge in [0.15, 0.2) is 0 Å². The van der Waals surface area contributed by atoms with Crippen LogP contribution in [0.1, 0.15) is 25.3 Å². The number of rotatable bonds is 2. The molecule has 0 aromatic heterocycles. The van der Waals surface area contributed by atoms with Crippen LogP contribution in [0.3, 0.4) is 0 Å². The molecule has 0 amide bonds. The van der Waals surface area contributed by atoms with Gasteiger partial charge in [0.1, 0.15) is 17.0 Å². The van der Waals surface area contributed by atoms with Crippen LogP contribution in [-0.2, 0) is 0 Å². The first kappa shape index (κ1) is 12.1. The summed E-state index contributed by atoms with van der Waals surface area (Å²) in [7, 11) is 1.66. The van der Waals surface area contributed by atoms with E-state index in [-0.39, 0.29) is 10.7 Å². The number of aliphatic hydroxyl groups excluding tert-OH is 1. The summed E-state index contributed by atoms with van der Waals surface area (Å²) in [6, 6.07) is 7.87. The minimum Gasteiger partial charge on any atom is -0.497 e. The molecular formula is C14H17NO2S. The smallest absolute Gasteiger partial charge is 0.150 e. The predicted octanol–water partition coefficient (Wildman–Crippen LogP) is 2.68. The van der Waals surface area contributed by atoms with Crippen molar-refractivity contribution in [2.24, 2.45) is 10.9 Å². The molecule has 1 aliphatic heterocycles. The molecule has 3 rings (SSSR count). The van der Waals surface area contributed by atoms with Gasteiger partial charge in [0, 0.05) is 16.2 Å². The monoisotopic (exact) mass is 263 g/mol.